The molecular formula is C20H20N5O4P. The van der Waals surface area contributed by atoms with Crippen LogP contribution < -0.4 is 4.74 Å². The van der Waals surface area contributed by atoms with E-state index in [2.05, 4.69) is 10.1 Å². The second-order valence-electron chi connectivity index (χ2n) is 7.07. The van der Waals surface area contributed by atoms with Gasteiger partial charge in [0.05, 0.1) is 24.5 Å². The van der Waals surface area contributed by atoms with Crippen molar-refractivity contribution in [2.75, 3.05) is 7.11 Å². The van der Waals surface area contributed by atoms with Gasteiger partial charge < -0.3 is 23.7 Å². The van der Waals surface area contributed by atoms with E-state index in [0.29, 0.717) is 5.65 Å². The summed E-state index contributed by atoms with van der Waals surface area (Å²) in [5.74, 6) is 0.759. The van der Waals surface area contributed by atoms with E-state index in [4.69, 9.17) is 9.26 Å². The number of rotatable bonds is 5. The standard InChI is InChI=1S/C20H20N5O4P/c1-23-10-16(14-6-13(28-3)4-5-17(14)23)18-7-15-19-12(9-22-24(19)2)8-21-20(15)25(18)11-29-30(26)27/h4-10,26-27H,11H2,1-3H3. The molecule has 0 spiro atoms. The van der Waals surface area contributed by atoms with Crippen molar-refractivity contribution in [1.29, 1.82) is 0 Å². The van der Waals surface area contributed by atoms with Crippen LogP contribution in [0.15, 0.2) is 42.9 Å². The molecule has 0 bridgehead atoms. The van der Waals surface area contributed by atoms with Gasteiger partial charge in [-0.1, -0.05) is 0 Å². The van der Waals surface area contributed by atoms with Crippen LogP contribution in [0.2, 0.25) is 0 Å². The zero-order valence-corrected chi connectivity index (χ0v) is 17.5. The second-order valence-corrected chi connectivity index (χ2v) is 7.84. The lowest BCUT2D eigenvalue weighted by Crippen LogP contribution is -2.03. The summed E-state index contributed by atoms with van der Waals surface area (Å²) >= 11 is 0. The fraction of sp³-hybridized carbons (Fsp3) is 0.200. The monoisotopic (exact) mass is 425 g/mol. The van der Waals surface area contributed by atoms with Crippen molar-refractivity contribution in [2.45, 2.75) is 6.73 Å². The number of aryl methyl sites for hydroxylation is 2. The number of benzene rings is 1. The molecule has 5 aromatic rings. The van der Waals surface area contributed by atoms with Gasteiger partial charge in [0, 0.05) is 53.7 Å². The molecule has 0 fully saturated rings. The Morgan fingerprint density at radius 1 is 1.10 bits per heavy atom. The zero-order valence-electron chi connectivity index (χ0n) is 16.6. The van der Waals surface area contributed by atoms with Gasteiger partial charge in [0.15, 0.2) is 0 Å². The van der Waals surface area contributed by atoms with Crippen LogP contribution in [-0.4, -0.2) is 40.8 Å². The van der Waals surface area contributed by atoms with Crippen LogP contribution >= 0.6 is 8.60 Å². The Labute approximate surface area is 172 Å². The van der Waals surface area contributed by atoms with E-state index in [1.165, 1.54) is 0 Å². The van der Waals surface area contributed by atoms with Crippen molar-refractivity contribution in [3.05, 3.63) is 42.9 Å². The number of aromatic nitrogens is 5. The molecular weight excluding hydrogens is 405 g/mol. The van der Waals surface area contributed by atoms with Crippen LogP contribution in [0.3, 0.4) is 0 Å². The van der Waals surface area contributed by atoms with Crippen molar-refractivity contribution in [2.24, 2.45) is 14.1 Å². The summed E-state index contributed by atoms with van der Waals surface area (Å²) in [6.45, 7) is -0.0474. The molecule has 2 N–H and O–H groups in total. The molecule has 0 aliphatic rings. The van der Waals surface area contributed by atoms with Gasteiger partial charge in [-0.2, -0.15) is 5.10 Å². The third-order valence-electron chi connectivity index (χ3n) is 5.39. The van der Waals surface area contributed by atoms with Crippen LogP contribution in [0.5, 0.6) is 5.75 Å². The largest absolute Gasteiger partial charge is 0.497 e. The van der Waals surface area contributed by atoms with Crippen LogP contribution in [0.25, 0.3) is 44.1 Å². The molecule has 1 aromatic carbocycles. The Morgan fingerprint density at radius 2 is 1.93 bits per heavy atom. The summed E-state index contributed by atoms with van der Waals surface area (Å²) < 4.78 is 16.3. The molecule has 0 amide bonds. The van der Waals surface area contributed by atoms with E-state index in [9.17, 15) is 9.79 Å². The third kappa shape index (κ3) is 2.86. The van der Waals surface area contributed by atoms with Crippen molar-refractivity contribution in [3.8, 4) is 17.0 Å². The summed E-state index contributed by atoms with van der Waals surface area (Å²) in [5.41, 5.74) is 4.49. The van der Waals surface area contributed by atoms with Gasteiger partial charge in [-0.25, -0.2) is 4.98 Å². The van der Waals surface area contributed by atoms with E-state index in [0.717, 1.165) is 44.2 Å². The van der Waals surface area contributed by atoms with E-state index in [-0.39, 0.29) is 6.73 Å². The van der Waals surface area contributed by atoms with Gasteiger partial charge in [0.25, 0.3) is 0 Å². The topological polar surface area (TPSA) is 99.5 Å². The Balaban J connectivity index is 1.83. The maximum atomic E-state index is 9.34. The number of ether oxygens (including phenoxy) is 1. The van der Waals surface area contributed by atoms with Crippen molar-refractivity contribution >= 4 is 41.4 Å². The maximum absolute atomic E-state index is 9.34. The molecule has 154 valence electrons. The van der Waals surface area contributed by atoms with Crippen LogP contribution in [0, 0.1) is 0 Å². The van der Waals surface area contributed by atoms with Crippen LogP contribution in [0.4, 0.5) is 0 Å². The smallest absolute Gasteiger partial charge is 0.328 e. The normalized spacial score (nSPS) is 12.1. The summed E-state index contributed by atoms with van der Waals surface area (Å²) in [4.78, 5) is 23.3. The Morgan fingerprint density at radius 3 is 2.70 bits per heavy atom. The van der Waals surface area contributed by atoms with Crippen molar-refractivity contribution < 1.29 is 19.0 Å². The molecule has 0 radical (unpaired) electrons. The van der Waals surface area contributed by atoms with Crippen molar-refractivity contribution in [3.63, 3.8) is 0 Å². The predicted octanol–water partition coefficient (Wildman–Crippen LogP) is 3.28. The first-order chi connectivity index (χ1) is 14.5. The van der Waals surface area contributed by atoms with E-state index >= 15 is 0 Å². The number of hydrogen-bond donors (Lipinski definition) is 2. The Hall–Kier alpha value is -2.97. The highest BCUT2D eigenvalue weighted by molar-refractivity contribution is 7.39. The number of fused-ring (bicyclic) bond motifs is 4. The molecule has 4 heterocycles. The summed E-state index contributed by atoms with van der Waals surface area (Å²) in [6.07, 6.45) is 5.58. The Bertz CT molecular complexity index is 1400. The number of pyridine rings is 1. The molecule has 0 aliphatic carbocycles. The lowest BCUT2D eigenvalue weighted by molar-refractivity contribution is 0.202. The fourth-order valence-electron chi connectivity index (χ4n) is 4.03. The summed E-state index contributed by atoms with van der Waals surface area (Å²) in [5, 5.41) is 7.20. The first-order valence-corrected chi connectivity index (χ1v) is 10.4. The number of hydrogen-bond acceptors (Lipinski definition) is 6. The fourth-order valence-corrected chi connectivity index (χ4v) is 4.25. The SMILES string of the molecule is COc1ccc2c(c1)c(-c1cc3c4c(cnc3n1COP(O)O)cnn4C)cn2C. The van der Waals surface area contributed by atoms with Gasteiger partial charge in [-0.3, -0.25) is 9.21 Å². The van der Waals surface area contributed by atoms with E-state index < -0.39 is 8.60 Å². The number of nitrogens with zero attached hydrogens (tertiary/aromatic N) is 5. The van der Waals surface area contributed by atoms with Gasteiger partial charge in [-0.05, 0) is 24.3 Å². The summed E-state index contributed by atoms with van der Waals surface area (Å²) in [6, 6.07) is 7.97. The van der Waals surface area contributed by atoms with Crippen LogP contribution in [-0.2, 0) is 25.3 Å². The maximum Gasteiger partial charge on any atom is 0.328 e. The van der Waals surface area contributed by atoms with Crippen molar-refractivity contribution in [1.82, 2.24) is 23.9 Å². The van der Waals surface area contributed by atoms with Gasteiger partial charge >= 0.3 is 8.60 Å². The predicted molar refractivity (Wildman–Crippen MR) is 115 cm³/mol. The molecule has 0 atom stereocenters. The van der Waals surface area contributed by atoms with E-state index in [1.807, 2.05) is 58.4 Å². The van der Waals surface area contributed by atoms with Gasteiger partial charge in [-0.15, -0.1) is 0 Å². The van der Waals surface area contributed by atoms with E-state index in [1.54, 1.807) is 19.5 Å². The molecule has 4 aromatic heterocycles. The quantitative estimate of drug-likeness (QED) is 0.419. The zero-order chi connectivity index (χ0) is 21.0. The molecule has 0 aliphatic heterocycles. The third-order valence-corrected chi connectivity index (χ3v) is 5.74. The lowest BCUT2D eigenvalue weighted by atomic mass is 10.1. The first-order valence-electron chi connectivity index (χ1n) is 9.22. The minimum Gasteiger partial charge on any atom is -0.497 e. The molecule has 5 rings (SSSR count). The molecule has 10 heteroatoms. The highest BCUT2D eigenvalue weighted by Gasteiger charge is 2.20. The average Bonchev–Trinajstić information content (AvgIpc) is 3.39. The van der Waals surface area contributed by atoms with Crippen LogP contribution in [0.1, 0.15) is 0 Å². The summed E-state index contributed by atoms with van der Waals surface area (Å²) in [7, 11) is 3.01. The molecule has 0 unspecified atom stereocenters. The van der Waals surface area contributed by atoms with Gasteiger partial charge in [0.1, 0.15) is 18.1 Å². The molecule has 0 saturated heterocycles. The lowest BCUT2D eigenvalue weighted by Gasteiger charge is -2.11. The second kappa shape index (κ2) is 7.07. The molecule has 9 nitrogen and oxygen atoms in total. The molecule has 0 saturated carbocycles. The average molecular weight is 425 g/mol. The number of methoxy groups -OCH3 is 1. The molecule has 30 heavy (non-hydrogen) atoms. The minimum atomic E-state index is -2.50. The minimum absolute atomic E-state index is 0.0474. The first kappa shape index (κ1) is 19.0. The highest BCUT2D eigenvalue weighted by atomic mass is 31.2. The highest BCUT2D eigenvalue weighted by Crippen LogP contribution is 2.38. The Kier molecular flexibility index (Phi) is 4.48. The van der Waals surface area contributed by atoms with Gasteiger partial charge in [0.2, 0.25) is 0 Å².